The van der Waals surface area contributed by atoms with E-state index in [2.05, 4.69) is 47.1 Å². The number of ether oxygens (including phenoxy) is 1. The van der Waals surface area contributed by atoms with Crippen LogP contribution in [0.3, 0.4) is 0 Å². The van der Waals surface area contributed by atoms with Gasteiger partial charge in [-0.25, -0.2) is 24.3 Å². The van der Waals surface area contributed by atoms with Gasteiger partial charge in [0.15, 0.2) is 5.69 Å². The van der Waals surface area contributed by atoms with Crippen molar-refractivity contribution in [1.82, 2.24) is 35.6 Å². The number of nitrogens with zero attached hydrogens (tertiary/aromatic N) is 4. The molecule has 232 valence electrons. The zero-order valence-corrected chi connectivity index (χ0v) is 25.9. The van der Waals surface area contributed by atoms with E-state index in [1.165, 1.54) is 4.80 Å². The lowest BCUT2D eigenvalue weighted by molar-refractivity contribution is -0.132. The molecule has 13 nitrogen and oxygen atoms in total. The maximum Gasteiger partial charge on any atom is 0.338 e. The van der Waals surface area contributed by atoms with Crippen molar-refractivity contribution in [3.8, 4) is 11.4 Å². The highest BCUT2D eigenvalue weighted by Crippen LogP contribution is 2.42. The summed E-state index contributed by atoms with van der Waals surface area (Å²) >= 11 is 0. The number of hydrogen-bond acceptors (Lipinski definition) is 8. The molecule has 0 fully saturated rings. The van der Waals surface area contributed by atoms with Gasteiger partial charge in [-0.15, -0.1) is 15.0 Å². The number of aromatic hydroxyl groups is 1. The molecule has 1 unspecified atom stereocenters. The van der Waals surface area contributed by atoms with Gasteiger partial charge >= 0.3 is 17.9 Å². The number of quaternary nitrogens is 1. The van der Waals surface area contributed by atoms with Crippen molar-refractivity contribution in [2.75, 3.05) is 26.7 Å². The van der Waals surface area contributed by atoms with Crippen LogP contribution in [0.1, 0.15) is 76.7 Å². The van der Waals surface area contributed by atoms with E-state index >= 15 is 0 Å². The van der Waals surface area contributed by atoms with Crippen molar-refractivity contribution in [3.05, 3.63) is 41.5 Å². The third-order valence-corrected chi connectivity index (χ3v) is 7.78. The summed E-state index contributed by atoms with van der Waals surface area (Å²) in [4.78, 5) is 51.1. The number of phenols is 1. The summed E-state index contributed by atoms with van der Waals surface area (Å²) in [6, 6.07) is 7.91. The molecule has 0 aliphatic heterocycles. The number of carbonyl (C=O) groups is 4. The van der Waals surface area contributed by atoms with Gasteiger partial charge in [-0.2, -0.15) is 0 Å². The Morgan fingerprint density at radius 3 is 2.30 bits per heavy atom. The SMILES string of the molecule is CCNC(=O)NNC(=O)CCC(=O)[N+](C)(CC)c1cc(C(C)(C)CC)cc(-n2nc3ccc(C(=O)OCC)cc3n2)c1O. The van der Waals surface area contributed by atoms with Crippen molar-refractivity contribution in [2.24, 2.45) is 0 Å². The number of esters is 1. The lowest BCUT2D eigenvalue weighted by Crippen LogP contribution is -2.51. The van der Waals surface area contributed by atoms with Gasteiger partial charge in [-0.05, 0) is 62.4 Å². The van der Waals surface area contributed by atoms with Crippen LogP contribution in [0, 0.1) is 0 Å². The zero-order valence-electron chi connectivity index (χ0n) is 25.9. The Hall–Kier alpha value is -4.52. The first-order valence-electron chi connectivity index (χ1n) is 14.4. The van der Waals surface area contributed by atoms with E-state index in [-0.39, 0.29) is 53.2 Å². The summed E-state index contributed by atoms with van der Waals surface area (Å²) in [7, 11) is 1.69. The van der Waals surface area contributed by atoms with Crippen LogP contribution in [0.2, 0.25) is 0 Å². The quantitative estimate of drug-likeness (QED) is 0.148. The molecule has 43 heavy (non-hydrogen) atoms. The van der Waals surface area contributed by atoms with E-state index in [1.54, 1.807) is 45.2 Å². The van der Waals surface area contributed by atoms with Crippen LogP contribution in [0.5, 0.6) is 5.75 Å². The molecular formula is C30H42N7O6+. The molecule has 0 aliphatic rings. The van der Waals surface area contributed by atoms with Crippen LogP contribution in [0.25, 0.3) is 16.7 Å². The van der Waals surface area contributed by atoms with Crippen molar-refractivity contribution >= 4 is 40.5 Å². The van der Waals surface area contributed by atoms with Gasteiger partial charge in [0.05, 0.1) is 32.2 Å². The number of amides is 4. The van der Waals surface area contributed by atoms with Gasteiger partial charge in [-0.1, -0.05) is 20.8 Å². The van der Waals surface area contributed by atoms with E-state index in [0.29, 0.717) is 28.8 Å². The Bertz CT molecular complexity index is 1520. The zero-order chi connectivity index (χ0) is 31.9. The molecule has 2 aromatic carbocycles. The van der Waals surface area contributed by atoms with Gasteiger partial charge < -0.3 is 15.2 Å². The average molecular weight is 597 g/mol. The number of aromatic nitrogens is 3. The van der Waals surface area contributed by atoms with Gasteiger partial charge in [-0.3, -0.25) is 10.2 Å². The normalized spacial score (nSPS) is 12.8. The number of urea groups is 1. The Labute approximate surface area is 251 Å². The largest absolute Gasteiger partial charge is 0.501 e. The molecule has 1 heterocycles. The van der Waals surface area contributed by atoms with Crippen LogP contribution < -0.4 is 20.7 Å². The average Bonchev–Trinajstić information content (AvgIpc) is 3.42. The Morgan fingerprint density at radius 2 is 1.67 bits per heavy atom. The number of phenolic OH excluding ortho intramolecular Hbond substituents is 1. The molecule has 0 radical (unpaired) electrons. The highest BCUT2D eigenvalue weighted by Gasteiger charge is 2.38. The second-order valence-electron chi connectivity index (χ2n) is 10.9. The van der Waals surface area contributed by atoms with E-state index in [9.17, 15) is 24.3 Å². The number of carbonyl (C=O) groups excluding carboxylic acids is 4. The molecule has 1 atom stereocenters. The Balaban J connectivity index is 2.03. The number of fused-ring (bicyclic) bond motifs is 1. The van der Waals surface area contributed by atoms with Crippen molar-refractivity contribution < 1.29 is 29.0 Å². The summed E-state index contributed by atoms with van der Waals surface area (Å²) in [6.07, 6.45) is 0.475. The minimum atomic E-state index is -0.554. The first-order chi connectivity index (χ1) is 20.3. The number of hydrazine groups is 1. The second kappa shape index (κ2) is 13.6. The molecule has 0 bridgehead atoms. The fourth-order valence-electron chi connectivity index (χ4n) is 4.43. The van der Waals surface area contributed by atoms with Crippen LogP contribution in [-0.4, -0.2) is 70.7 Å². The summed E-state index contributed by atoms with van der Waals surface area (Å²) in [5, 5.41) is 23.2. The third-order valence-electron chi connectivity index (χ3n) is 7.78. The molecule has 4 N–H and O–H groups in total. The topological polar surface area (TPSA) is 165 Å². The molecule has 3 aromatic rings. The van der Waals surface area contributed by atoms with Crippen LogP contribution in [0.15, 0.2) is 30.3 Å². The molecule has 13 heteroatoms. The van der Waals surface area contributed by atoms with E-state index < -0.39 is 17.9 Å². The van der Waals surface area contributed by atoms with Gasteiger partial charge in [0.1, 0.15) is 16.7 Å². The van der Waals surface area contributed by atoms with Crippen LogP contribution in [-0.2, 0) is 19.7 Å². The Kier molecular flexibility index (Phi) is 10.5. The number of nitrogens with one attached hydrogen (secondary N) is 3. The minimum Gasteiger partial charge on any atom is -0.501 e. The maximum atomic E-state index is 13.7. The number of rotatable bonds is 11. The number of hydrogen-bond donors (Lipinski definition) is 4. The predicted octanol–water partition coefficient (Wildman–Crippen LogP) is 3.60. The van der Waals surface area contributed by atoms with E-state index in [1.807, 2.05) is 13.0 Å². The third kappa shape index (κ3) is 7.28. The molecule has 0 saturated carbocycles. The van der Waals surface area contributed by atoms with Crippen molar-refractivity contribution in [1.29, 1.82) is 0 Å². The highest BCUT2D eigenvalue weighted by molar-refractivity contribution is 5.94. The first kappa shape index (κ1) is 33.0. The molecule has 1 aromatic heterocycles. The van der Waals surface area contributed by atoms with Crippen LogP contribution >= 0.6 is 0 Å². The van der Waals surface area contributed by atoms with Gasteiger partial charge in [0.2, 0.25) is 11.7 Å². The minimum absolute atomic E-state index is 0.135. The summed E-state index contributed by atoms with van der Waals surface area (Å²) in [5.74, 6) is -1.48. The summed E-state index contributed by atoms with van der Waals surface area (Å²) < 4.78 is 4.80. The fraction of sp³-hybridized carbons (Fsp3) is 0.467. The monoisotopic (exact) mass is 596 g/mol. The van der Waals surface area contributed by atoms with Crippen molar-refractivity contribution in [2.45, 2.75) is 66.2 Å². The van der Waals surface area contributed by atoms with E-state index in [4.69, 9.17) is 4.74 Å². The lowest BCUT2D eigenvalue weighted by atomic mass is 9.81. The highest BCUT2D eigenvalue weighted by atomic mass is 16.5. The molecule has 4 amide bonds. The lowest BCUT2D eigenvalue weighted by Gasteiger charge is -2.33. The molecule has 0 spiro atoms. The fourth-order valence-corrected chi connectivity index (χ4v) is 4.43. The molecular weight excluding hydrogens is 554 g/mol. The smallest absolute Gasteiger partial charge is 0.338 e. The summed E-state index contributed by atoms with van der Waals surface area (Å²) in [5.41, 5.74) is 6.94. The maximum absolute atomic E-state index is 13.7. The summed E-state index contributed by atoms with van der Waals surface area (Å²) in [6.45, 7) is 12.4. The predicted molar refractivity (Wildman–Crippen MR) is 163 cm³/mol. The van der Waals surface area contributed by atoms with E-state index in [0.717, 1.165) is 12.0 Å². The number of benzene rings is 2. The molecule has 3 rings (SSSR count). The standard InChI is InChI=1S/C30H41N7O6/c1-8-30(5,6)20-17-23(36-34-21-13-12-19(16-22(21)35-36)28(41)43-11-4)27(40)24(18-20)37(7,10-3)26(39)15-14-25(38)32-33-29(42)31-9-2/h12-13,16-18H,8-11,14-15H2,1-7H3,(H3-,31,32,33,34,35,38,40,41,42)/p+1. The van der Waals surface area contributed by atoms with Gasteiger partial charge in [0.25, 0.3) is 0 Å². The molecule has 0 saturated heterocycles. The van der Waals surface area contributed by atoms with Gasteiger partial charge in [0, 0.05) is 19.0 Å². The Morgan fingerprint density at radius 1 is 0.977 bits per heavy atom. The van der Waals surface area contributed by atoms with Crippen molar-refractivity contribution in [3.63, 3.8) is 0 Å². The first-order valence-corrected chi connectivity index (χ1v) is 14.4. The second-order valence-corrected chi connectivity index (χ2v) is 10.9. The molecule has 0 aliphatic carbocycles. The van der Waals surface area contributed by atoms with Crippen LogP contribution in [0.4, 0.5) is 10.5 Å².